The molecule has 0 bridgehead atoms. The molecule has 98 valence electrons. The Morgan fingerprint density at radius 3 is 2.78 bits per heavy atom. The van der Waals surface area contributed by atoms with Gasteiger partial charge in [-0.15, -0.1) is 0 Å². The van der Waals surface area contributed by atoms with Crippen molar-refractivity contribution in [2.45, 2.75) is 36.6 Å². The van der Waals surface area contributed by atoms with Gasteiger partial charge < -0.3 is 11.1 Å². The molecule has 1 saturated carbocycles. The molecule has 0 heterocycles. The Morgan fingerprint density at radius 2 is 2.11 bits per heavy atom. The monoisotopic (exact) mass is 264 g/mol. The number of hydrogen-bond acceptors (Lipinski definition) is 3. The predicted molar refractivity (Wildman–Crippen MR) is 76.5 cm³/mol. The number of carbonyl (C=O) groups is 1. The molecule has 3 atom stereocenters. The molecule has 1 aliphatic rings. The molecule has 0 aromatic heterocycles. The number of nitrogens with two attached hydrogens (primary N) is 1. The van der Waals surface area contributed by atoms with E-state index in [-0.39, 0.29) is 11.9 Å². The van der Waals surface area contributed by atoms with E-state index in [1.807, 2.05) is 42.1 Å². The molecule has 0 spiro atoms. The van der Waals surface area contributed by atoms with Crippen molar-refractivity contribution in [2.75, 3.05) is 6.26 Å². The van der Waals surface area contributed by atoms with Gasteiger partial charge in [0.2, 0.25) is 5.91 Å². The summed E-state index contributed by atoms with van der Waals surface area (Å²) >= 11 is 1.83. The smallest absolute Gasteiger partial charge is 0.241 e. The van der Waals surface area contributed by atoms with Crippen molar-refractivity contribution in [2.24, 2.45) is 5.73 Å². The maximum Gasteiger partial charge on any atom is 0.241 e. The van der Waals surface area contributed by atoms with Crippen LogP contribution in [0.4, 0.5) is 0 Å². The lowest BCUT2D eigenvalue weighted by atomic mass is 10.1. The minimum absolute atomic E-state index is 0.0628. The SMILES string of the molecule is CSC1CCCC1NC(=O)[C@H](N)c1ccccc1. The minimum Gasteiger partial charge on any atom is -0.351 e. The third-order valence-electron chi connectivity index (χ3n) is 3.52. The van der Waals surface area contributed by atoms with Crippen LogP contribution in [0.25, 0.3) is 0 Å². The lowest BCUT2D eigenvalue weighted by Gasteiger charge is -2.21. The molecule has 0 aliphatic heterocycles. The summed E-state index contributed by atoms with van der Waals surface area (Å²) in [7, 11) is 0. The zero-order valence-corrected chi connectivity index (χ0v) is 11.5. The van der Waals surface area contributed by atoms with Gasteiger partial charge in [0, 0.05) is 11.3 Å². The van der Waals surface area contributed by atoms with Gasteiger partial charge in [0.25, 0.3) is 0 Å². The maximum atomic E-state index is 12.1. The zero-order chi connectivity index (χ0) is 13.0. The third-order valence-corrected chi connectivity index (χ3v) is 4.69. The molecule has 2 unspecified atom stereocenters. The van der Waals surface area contributed by atoms with E-state index < -0.39 is 6.04 Å². The lowest BCUT2D eigenvalue weighted by Crippen LogP contribution is -2.43. The van der Waals surface area contributed by atoms with Crippen molar-refractivity contribution in [3.8, 4) is 0 Å². The summed E-state index contributed by atoms with van der Waals surface area (Å²) in [5.74, 6) is -0.0628. The van der Waals surface area contributed by atoms with E-state index in [0.29, 0.717) is 5.25 Å². The average Bonchev–Trinajstić information content (AvgIpc) is 2.86. The Hall–Kier alpha value is -1.00. The van der Waals surface area contributed by atoms with Crippen LogP contribution in [-0.2, 0) is 4.79 Å². The number of rotatable bonds is 4. The van der Waals surface area contributed by atoms with Crippen molar-refractivity contribution in [3.05, 3.63) is 35.9 Å². The van der Waals surface area contributed by atoms with E-state index in [9.17, 15) is 4.79 Å². The van der Waals surface area contributed by atoms with Crippen LogP contribution in [0.3, 0.4) is 0 Å². The molecule has 18 heavy (non-hydrogen) atoms. The summed E-state index contributed by atoms with van der Waals surface area (Å²) in [4.78, 5) is 12.1. The molecule has 1 fully saturated rings. The largest absolute Gasteiger partial charge is 0.351 e. The second-order valence-electron chi connectivity index (χ2n) is 4.71. The van der Waals surface area contributed by atoms with Crippen LogP contribution in [-0.4, -0.2) is 23.5 Å². The molecule has 1 amide bonds. The number of carbonyl (C=O) groups excluding carboxylic acids is 1. The Morgan fingerprint density at radius 1 is 1.39 bits per heavy atom. The summed E-state index contributed by atoms with van der Waals surface area (Å²) in [5, 5.41) is 3.63. The first kappa shape index (κ1) is 13.4. The van der Waals surface area contributed by atoms with Crippen LogP contribution in [0.15, 0.2) is 30.3 Å². The third kappa shape index (κ3) is 3.06. The van der Waals surface area contributed by atoms with Gasteiger partial charge in [-0.1, -0.05) is 36.8 Å². The van der Waals surface area contributed by atoms with Crippen molar-refractivity contribution >= 4 is 17.7 Å². The number of nitrogens with one attached hydrogen (secondary N) is 1. The van der Waals surface area contributed by atoms with E-state index in [2.05, 4.69) is 11.6 Å². The lowest BCUT2D eigenvalue weighted by molar-refractivity contribution is -0.123. The highest BCUT2D eigenvalue weighted by atomic mass is 32.2. The molecule has 3 nitrogen and oxygen atoms in total. The molecule has 3 N–H and O–H groups in total. The Balaban J connectivity index is 1.95. The highest BCUT2D eigenvalue weighted by molar-refractivity contribution is 7.99. The van der Waals surface area contributed by atoms with Crippen LogP contribution in [0.5, 0.6) is 0 Å². The van der Waals surface area contributed by atoms with E-state index in [1.54, 1.807) is 0 Å². The summed E-state index contributed by atoms with van der Waals surface area (Å²) in [6.07, 6.45) is 5.55. The first-order chi connectivity index (χ1) is 8.72. The first-order valence-corrected chi connectivity index (χ1v) is 7.65. The van der Waals surface area contributed by atoms with Crippen molar-refractivity contribution in [3.63, 3.8) is 0 Å². The van der Waals surface area contributed by atoms with E-state index in [4.69, 9.17) is 5.73 Å². The van der Waals surface area contributed by atoms with Gasteiger partial charge in [-0.2, -0.15) is 11.8 Å². The van der Waals surface area contributed by atoms with Crippen molar-refractivity contribution in [1.29, 1.82) is 0 Å². The summed E-state index contributed by atoms with van der Waals surface area (Å²) in [6.45, 7) is 0. The molecule has 2 rings (SSSR count). The fourth-order valence-corrected chi connectivity index (χ4v) is 3.39. The molecular weight excluding hydrogens is 244 g/mol. The zero-order valence-electron chi connectivity index (χ0n) is 10.6. The van der Waals surface area contributed by atoms with Gasteiger partial charge in [0.15, 0.2) is 0 Å². The van der Waals surface area contributed by atoms with Gasteiger partial charge in [0.05, 0.1) is 0 Å². The van der Waals surface area contributed by atoms with E-state index in [1.165, 1.54) is 12.8 Å². The highest BCUT2D eigenvalue weighted by Crippen LogP contribution is 2.28. The van der Waals surface area contributed by atoms with Crippen LogP contribution in [0.2, 0.25) is 0 Å². The standard InChI is InChI=1S/C14H20N2OS/c1-18-12-9-5-8-11(12)16-14(17)13(15)10-6-3-2-4-7-10/h2-4,6-7,11-13H,5,8-9,15H2,1H3,(H,16,17)/t11?,12?,13-/m1/s1. The Bertz CT molecular complexity index is 396. The van der Waals surface area contributed by atoms with Gasteiger partial charge in [-0.3, -0.25) is 4.79 Å². The fraction of sp³-hybridized carbons (Fsp3) is 0.500. The summed E-state index contributed by atoms with van der Waals surface area (Å²) in [5.41, 5.74) is 6.85. The molecule has 4 heteroatoms. The van der Waals surface area contributed by atoms with E-state index in [0.717, 1.165) is 12.0 Å². The minimum atomic E-state index is -0.561. The second kappa shape index (κ2) is 6.25. The van der Waals surface area contributed by atoms with Gasteiger partial charge in [0.1, 0.15) is 6.04 Å². The molecule has 1 aliphatic carbocycles. The fourth-order valence-electron chi connectivity index (χ4n) is 2.46. The van der Waals surface area contributed by atoms with Gasteiger partial charge in [-0.25, -0.2) is 0 Å². The average molecular weight is 264 g/mol. The number of hydrogen-bond donors (Lipinski definition) is 2. The van der Waals surface area contributed by atoms with Crippen molar-refractivity contribution in [1.82, 2.24) is 5.32 Å². The predicted octanol–water partition coefficient (Wildman–Crippen LogP) is 2.09. The molecule has 1 aromatic carbocycles. The van der Waals surface area contributed by atoms with Crippen LogP contribution < -0.4 is 11.1 Å². The van der Waals surface area contributed by atoms with Crippen LogP contribution in [0, 0.1) is 0 Å². The molecular formula is C14H20N2OS. The van der Waals surface area contributed by atoms with E-state index >= 15 is 0 Å². The molecule has 0 radical (unpaired) electrons. The maximum absolute atomic E-state index is 12.1. The molecule has 1 aromatic rings. The van der Waals surface area contributed by atoms with Crippen molar-refractivity contribution < 1.29 is 4.79 Å². The normalized spacial score (nSPS) is 24.8. The summed E-state index contributed by atoms with van der Waals surface area (Å²) < 4.78 is 0. The summed E-state index contributed by atoms with van der Waals surface area (Å²) in [6, 6.07) is 9.24. The Kier molecular flexibility index (Phi) is 4.66. The van der Waals surface area contributed by atoms with Crippen LogP contribution >= 0.6 is 11.8 Å². The highest BCUT2D eigenvalue weighted by Gasteiger charge is 2.29. The van der Waals surface area contributed by atoms with Crippen LogP contribution in [0.1, 0.15) is 30.9 Å². The molecule has 0 saturated heterocycles. The van der Waals surface area contributed by atoms with Gasteiger partial charge >= 0.3 is 0 Å². The second-order valence-corrected chi connectivity index (χ2v) is 5.79. The first-order valence-electron chi connectivity index (χ1n) is 6.36. The number of thioether (sulfide) groups is 1. The number of amides is 1. The number of benzene rings is 1. The Labute approximate surface area is 113 Å². The topological polar surface area (TPSA) is 55.1 Å². The van der Waals surface area contributed by atoms with Gasteiger partial charge in [-0.05, 0) is 24.7 Å². The quantitative estimate of drug-likeness (QED) is 0.875.